The fourth-order valence-electron chi connectivity index (χ4n) is 2.42. The van der Waals surface area contributed by atoms with Gasteiger partial charge < -0.3 is 5.32 Å². The topological polar surface area (TPSA) is 29.9 Å². The Labute approximate surface area is 129 Å². The van der Waals surface area contributed by atoms with Crippen molar-refractivity contribution >= 4 is 23.2 Å². The van der Waals surface area contributed by atoms with Crippen molar-refractivity contribution in [2.24, 2.45) is 7.05 Å². The zero-order chi connectivity index (χ0) is 14.7. The lowest BCUT2D eigenvalue weighted by atomic mass is 9.94. The zero-order valence-corrected chi connectivity index (χ0v) is 13.5. The van der Waals surface area contributed by atoms with Crippen LogP contribution in [0.15, 0.2) is 24.3 Å². The summed E-state index contributed by atoms with van der Waals surface area (Å²) >= 11 is 12.3. The van der Waals surface area contributed by atoms with E-state index in [4.69, 9.17) is 23.2 Å². The molecule has 1 aromatic carbocycles. The first-order chi connectivity index (χ1) is 9.52. The summed E-state index contributed by atoms with van der Waals surface area (Å²) in [5, 5.41) is 9.14. The van der Waals surface area contributed by atoms with Gasteiger partial charge in [0.25, 0.3) is 0 Å². The van der Waals surface area contributed by atoms with Gasteiger partial charge in [0.05, 0.1) is 16.4 Å². The first-order valence-electron chi connectivity index (χ1n) is 6.61. The Morgan fingerprint density at radius 3 is 2.40 bits per heavy atom. The molecule has 0 saturated carbocycles. The lowest BCUT2D eigenvalue weighted by molar-refractivity contribution is 0.591. The van der Waals surface area contributed by atoms with Crippen molar-refractivity contribution in [2.75, 3.05) is 13.6 Å². The Morgan fingerprint density at radius 2 is 1.90 bits per heavy atom. The van der Waals surface area contributed by atoms with Crippen molar-refractivity contribution in [2.45, 2.75) is 19.3 Å². The number of halogens is 2. The summed E-state index contributed by atoms with van der Waals surface area (Å²) in [5.74, 6) is 0.338. The van der Waals surface area contributed by atoms with Crippen LogP contribution in [0, 0.1) is 6.92 Å². The van der Waals surface area contributed by atoms with E-state index >= 15 is 0 Å². The van der Waals surface area contributed by atoms with Gasteiger partial charge >= 0.3 is 0 Å². The highest BCUT2D eigenvalue weighted by Gasteiger charge is 2.18. The number of nitrogens with zero attached hydrogens (tertiary/aromatic N) is 2. The minimum atomic E-state index is 0.338. The van der Waals surface area contributed by atoms with Crippen LogP contribution < -0.4 is 5.32 Å². The lowest BCUT2D eigenvalue weighted by Gasteiger charge is -2.17. The van der Waals surface area contributed by atoms with Crippen LogP contribution >= 0.6 is 23.2 Å². The molecule has 1 N–H and O–H groups in total. The van der Waals surface area contributed by atoms with Crippen molar-refractivity contribution in [3.8, 4) is 0 Å². The van der Waals surface area contributed by atoms with Crippen LogP contribution in [0.3, 0.4) is 0 Å². The molecule has 0 amide bonds. The number of hydrogen-bond donors (Lipinski definition) is 1. The zero-order valence-electron chi connectivity index (χ0n) is 12.0. The standard InChI is InChI=1S/C15H19Cl2N3/c1-10-15(17)14(20(3)19-10)8-12(9-18-2)11-4-6-13(16)7-5-11/h4-7,12,18H,8-9H2,1-3H3. The predicted molar refractivity (Wildman–Crippen MR) is 84.8 cm³/mol. The number of aryl methyl sites for hydroxylation is 2. The molecular formula is C15H19Cl2N3. The second-order valence-electron chi connectivity index (χ2n) is 4.98. The quantitative estimate of drug-likeness (QED) is 0.914. The van der Waals surface area contributed by atoms with Crippen molar-refractivity contribution in [1.82, 2.24) is 15.1 Å². The Morgan fingerprint density at radius 1 is 1.25 bits per heavy atom. The van der Waals surface area contributed by atoms with Gasteiger partial charge in [0.2, 0.25) is 0 Å². The third kappa shape index (κ3) is 3.35. The van der Waals surface area contributed by atoms with Crippen LogP contribution in [0.2, 0.25) is 10.0 Å². The Balaban J connectivity index is 2.27. The van der Waals surface area contributed by atoms with E-state index in [9.17, 15) is 0 Å². The highest BCUT2D eigenvalue weighted by molar-refractivity contribution is 6.31. The van der Waals surface area contributed by atoms with Crippen LogP contribution in [-0.4, -0.2) is 23.4 Å². The molecule has 0 spiro atoms. The number of nitrogens with one attached hydrogen (secondary N) is 1. The fraction of sp³-hybridized carbons (Fsp3) is 0.400. The number of rotatable bonds is 5. The molecule has 108 valence electrons. The molecule has 0 aliphatic rings. The van der Waals surface area contributed by atoms with Gasteiger partial charge in [-0.05, 0) is 38.1 Å². The lowest BCUT2D eigenvalue weighted by Crippen LogP contribution is -2.20. The summed E-state index contributed by atoms with van der Waals surface area (Å²) in [7, 11) is 3.89. The van der Waals surface area contributed by atoms with E-state index in [2.05, 4.69) is 22.5 Å². The molecule has 0 aliphatic carbocycles. The summed E-state index contributed by atoms with van der Waals surface area (Å²) < 4.78 is 1.87. The van der Waals surface area contributed by atoms with E-state index in [0.717, 1.165) is 34.4 Å². The molecule has 3 nitrogen and oxygen atoms in total. The molecule has 2 rings (SSSR count). The van der Waals surface area contributed by atoms with Crippen LogP contribution in [0.4, 0.5) is 0 Å². The molecule has 0 fully saturated rings. The highest BCUT2D eigenvalue weighted by atomic mass is 35.5. The molecule has 0 radical (unpaired) electrons. The van der Waals surface area contributed by atoms with Crippen LogP contribution in [0.25, 0.3) is 0 Å². The average Bonchev–Trinajstić information content (AvgIpc) is 2.65. The summed E-state index contributed by atoms with van der Waals surface area (Å²) in [5.41, 5.74) is 3.20. The van der Waals surface area contributed by atoms with Crippen LogP contribution in [-0.2, 0) is 13.5 Å². The largest absolute Gasteiger partial charge is 0.319 e. The number of likely N-dealkylation sites (N-methyl/N-ethyl adjacent to an activating group) is 1. The van der Waals surface area contributed by atoms with Gasteiger partial charge in [0.1, 0.15) is 0 Å². The van der Waals surface area contributed by atoms with Gasteiger partial charge in [-0.25, -0.2) is 0 Å². The van der Waals surface area contributed by atoms with E-state index in [1.807, 2.05) is 37.8 Å². The monoisotopic (exact) mass is 311 g/mol. The van der Waals surface area contributed by atoms with Gasteiger partial charge in [-0.2, -0.15) is 5.10 Å². The molecule has 1 atom stereocenters. The summed E-state index contributed by atoms with van der Waals surface area (Å²) in [6.45, 7) is 2.81. The van der Waals surface area contributed by atoms with E-state index < -0.39 is 0 Å². The Kier molecular flexibility index (Phi) is 5.08. The van der Waals surface area contributed by atoms with Crippen molar-refractivity contribution in [3.05, 3.63) is 51.3 Å². The minimum absolute atomic E-state index is 0.338. The maximum atomic E-state index is 6.35. The molecule has 0 bridgehead atoms. The summed E-state index contributed by atoms with van der Waals surface area (Å²) in [6, 6.07) is 7.99. The van der Waals surface area contributed by atoms with Gasteiger partial charge in [-0.1, -0.05) is 35.3 Å². The van der Waals surface area contributed by atoms with E-state index in [1.165, 1.54) is 5.56 Å². The molecule has 1 aromatic heterocycles. The average molecular weight is 312 g/mol. The van der Waals surface area contributed by atoms with Gasteiger partial charge in [0, 0.05) is 24.5 Å². The second kappa shape index (κ2) is 6.61. The third-order valence-corrected chi connectivity index (χ3v) is 4.24. The molecule has 0 saturated heterocycles. The molecule has 5 heteroatoms. The Hall–Kier alpha value is -1.03. The van der Waals surface area contributed by atoms with E-state index in [1.54, 1.807) is 0 Å². The van der Waals surface area contributed by atoms with Gasteiger partial charge in [0.15, 0.2) is 0 Å². The maximum Gasteiger partial charge on any atom is 0.0847 e. The van der Waals surface area contributed by atoms with Gasteiger partial charge in [-0.3, -0.25) is 4.68 Å². The van der Waals surface area contributed by atoms with Crippen molar-refractivity contribution in [1.29, 1.82) is 0 Å². The van der Waals surface area contributed by atoms with Crippen LogP contribution in [0.1, 0.15) is 22.9 Å². The number of aromatic nitrogens is 2. The minimum Gasteiger partial charge on any atom is -0.319 e. The molecule has 0 aliphatic heterocycles. The summed E-state index contributed by atoms with van der Waals surface area (Å²) in [4.78, 5) is 0. The van der Waals surface area contributed by atoms with Crippen LogP contribution in [0.5, 0.6) is 0 Å². The molecule has 20 heavy (non-hydrogen) atoms. The molecule has 1 unspecified atom stereocenters. The SMILES string of the molecule is CNCC(Cc1c(Cl)c(C)nn1C)c1ccc(Cl)cc1. The van der Waals surface area contributed by atoms with Crippen molar-refractivity contribution in [3.63, 3.8) is 0 Å². The van der Waals surface area contributed by atoms with Crippen molar-refractivity contribution < 1.29 is 0 Å². The molecule has 1 heterocycles. The maximum absolute atomic E-state index is 6.35. The molecule has 2 aromatic rings. The number of hydrogen-bond acceptors (Lipinski definition) is 2. The Bertz CT molecular complexity index is 576. The summed E-state index contributed by atoms with van der Waals surface area (Å²) in [6.07, 6.45) is 0.846. The number of benzene rings is 1. The predicted octanol–water partition coefficient (Wildman–Crippen LogP) is 3.58. The normalized spacial score (nSPS) is 12.7. The van der Waals surface area contributed by atoms with E-state index in [0.29, 0.717) is 5.92 Å². The van der Waals surface area contributed by atoms with Gasteiger partial charge in [-0.15, -0.1) is 0 Å². The smallest absolute Gasteiger partial charge is 0.0847 e. The highest BCUT2D eigenvalue weighted by Crippen LogP contribution is 2.27. The molecular weight excluding hydrogens is 293 g/mol. The second-order valence-corrected chi connectivity index (χ2v) is 5.79. The third-order valence-electron chi connectivity index (χ3n) is 3.49. The fourth-order valence-corrected chi connectivity index (χ4v) is 2.79. The first-order valence-corrected chi connectivity index (χ1v) is 7.36. The first kappa shape index (κ1) is 15.4. The van der Waals surface area contributed by atoms with E-state index in [-0.39, 0.29) is 0 Å².